The molecule has 1 spiro atoms. The molecule has 2 bridgehead atoms. The number of anilines is 1. The second kappa shape index (κ2) is 11.3. The maximum Gasteiger partial charge on any atom is 0.312 e. The van der Waals surface area contributed by atoms with Gasteiger partial charge >= 0.3 is 5.97 Å². The first-order valence-electron chi connectivity index (χ1n) is 14.1. The van der Waals surface area contributed by atoms with Gasteiger partial charge < -0.3 is 24.4 Å². The zero-order valence-corrected chi connectivity index (χ0v) is 23.7. The molecule has 3 aliphatic rings. The fourth-order valence-corrected chi connectivity index (χ4v) is 7.03. The number of aliphatic hydroxyl groups excluding tert-OH is 1. The predicted octanol–water partition coefficient (Wildman–Crippen LogP) is 3.87. The molecule has 0 radical (unpaired) electrons. The number of nitrogens with zero attached hydrogens (tertiary/aromatic N) is 2. The number of hydrogen-bond donors (Lipinski definition) is 1. The Morgan fingerprint density at radius 3 is 2.62 bits per heavy atom. The van der Waals surface area contributed by atoms with Gasteiger partial charge in [-0.05, 0) is 63.1 Å². The van der Waals surface area contributed by atoms with E-state index in [0.717, 1.165) is 16.8 Å². The molecule has 0 aromatic heterocycles. The zero-order chi connectivity index (χ0) is 28.5. The van der Waals surface area contributed by atoms with Gasteiger partial charge in [0.15, 0.2) is 0 Å². The van der Waals surface area contributed by atoms with Gasteiger partial charge in [0, 0.05) is 12.2 Å². The minimum absolute atomic E-state index is 0.173. The van der Waals surface area contributed by atoms with E-state index in [-0.39, 0.29) is 31.6 Å². The molecule has 6 atom stereocenters. The number of benzene rings is 1. The van der Waals surface area contributed by atoms with Crippen LogP contribution in [0.5, 0.6) is 0 Å². The normalized spacial score (nSPS) is 29.7. The molecule has 3 aliphatic heterocycles. The number of rotatable bonds is 12. The number of aryl methyl sites for hydroxylation is 2. The number of fused-ring (bicyclic) bond motifs is 1. The largest absolute Gasteiger partial charge is 0.465 e. The highest BCUT2D eigenvalue weighted by Gasteiger charge is 2.79. The molecule has 3 fully saturated rings. The lowest BCUT2D eigenvalue weighted by molar-refractivity contribution is -0.162. The first kappa shape index (κ1) is 29.0. The maximum atomic E-state index is 14.7. The Morgan fingerprint density at radius 2 is 2.00 bits per heavy atom. The molecule has 4 rings (SSSR count). The van der Waals surface area contributed by atoms with Gasteiger partial charge in [-0.15, -0.1) is 13.2 Å². The molecule has 3 saturated heterocycles. The van der Waals surface area contributed by atoms with Crippen LogP contribution in [0, 0.1) is 25.7 Å². The van der Waals surface area contributed by atoms with Crippen LogP contribution in [-0.2, 0) is 23.9 Å². The number of carbonyl (C=O) groups is 3. The van der Waals surface area contributed by atoms with Crippen LogP contribution < -0.4 is 4.90 Å². The van der Waals surface area contributed by atoms with Crippen molar-refractivity contribution in [1.82, 2.24) is 4.90 Å². The quantitative estimate of drug-likeness (QED) is 0.247. The highest BCUT2D eigenvalue weighted by atomic mass is 16.6. The summed E-state index contributed by atoms with van der Waals surface area (Å²) in [5.74, 6) is -2.77. The van der Waals surface area contributed by atoms with Crippen molar-refractivity contribution in [2.45, 2.75) is 83.1 Å². The summed E-state index contributed by atoms with van der Waals surface area (Å²) < 4.78 is 12.4. The summed E-state index contributed by atoms with van der Waals surface area (Å²) in [4.78, 5) is 45.7. The van der Waals surface area contributed by atoms with E-state index >= 15 is 0 Å². The number of aliphatic hydroxyl groups is 1. The Kier molecular flexibility index (Phi) is 8.38. The van der Waals surface area contributed by atoms with E-state index in [0.29, 0.717) is 32.1 Å². The standard InChI is InChI=1S/C31H42N2O6/c1-7-11-17-38-29(37)25-24-27(35)33(22(9-3)19-34)26(31(24)15-14-30(25,10-4)39-31)28(36)32(16-8-2)23-18-20(5)12-13-21(23)6/h7-8,12-13,18,22,24-26,34H,1-2,9-11,14-17,19H2,3-6H3/t22-,24-,25-,26?,30+,31?/m0/s1. The number of likely N-dealkylation sites (tertiary alicyclic amines) is 1. The maximum absolute atomic E-state index is 14.7. The van der Waals surface area contributed by atoms with Crippen LogP contribution in [0.4, 0.5) is 5.69 Å². The topological polar surface area (TPSA) is 96.4 Å². The second-order valence-corrected chi connectivity index (χ2v) is 11.1. The monoisotopic (exact) mass is 538 g/mol. The van der Waals surface area contributed by atoms with Gasteiger partial charge in [0.25, 0.3) is 5.91 Å². The third kappa shape index (κ3) is 4.51. The molecule has 0 saturated carbocycles. The van der Waals surface area contributed by atoms with Crippen molar-refractivity contribution < 1.29 is 29.0 Å². The zero-order valence-electron chi connectivity index (χ0n) is 23.7. The van der Waals surface area contributed by atoms with E-state index in [4.69, 9.17) is 9.47 Å². The second-order valence-electron chi connectivity index (χ2n) is 11.1. The van der Waals surface area contributed by atoms with Crippen molar-refractivity contribution in [3.63, 3.8) is 0 Å². The van der Waals surface area contributed by atoms with E-state index in [1.807, 2.05) is 45.9 Å². The van der Waals surface area contributed by atoms with Gasteiger partial charge in [-0.3, -0.25) is 14.4 Å². The van der Waals surface area contributed by atoms with Gasteiger partial charge in [-0.1, -0.05) is 38.1 Å². The minimum atomic E-state index is -1.19. The summed E-state index contributed by atoms with van der Waals surface area (Å²) in [5.41, 5.74) is 0.591. The molecule has 2 unspecified atom stereocenters. The van der Waals surface area contributed by atoms with Gasteiger partial charge in [0.2, 0.25) is 5.91 Å². The fraction of sp³-hybridized carbons (Fsp3) is 0.581. The lowest BCUT2D eigenvalue weighted by Gasteiger charge is -2.39. The molecule has 1 aromatic carbocycles. The van der Waals surface area contributed by atoms with Gasteiger partial charge in [-0.2, -0.15) is 0 Å². The summed E-state index contributed by atoms with van der Waals surface area (Å²) >= 11 is 0. The van der Waals surface area contributed by atoms with Crippen LogP contribution in [0.15, 0.2) is 43.5 Å². The summed E-state index contributed by atoms with van der Waals surface area (Å²) in [6.07, 6.45) is 5.83. The first-order chi connectivity index (χ1) is 18.7. The lowest BCUT2D eigenvalue weighted by atomic mass is 9.65. The third-order valence-electron chi connectivity index (χ3n) is 8.98. The Morgan fingerprint density at radius 1 is 1.26 bits per heavy atom. The molecular formula is C31H42N2O6. The molecule has 1 aromatic rings. The number of carbonyl (C=O) groups excluding carboxylic acids is 3. The molecule has 8 nitrogen and oxygen atoms in total. The molecule has 39 heavy (non-hydrogen) atoms. The smallest absolute Gasteiger partial charge is 0.312 e. The Bertz CT molecular complexity index is 1150. The Hall–Kier alpha value is -2.97. The van der Waals surface area contributed by atoms with Gasteiger partial charge in [-0.25, -0.2) is 0 Å². The van der Waals surface area contributed by atoms with Crippen LogP contribution >= 0.6 is 0 Å². The first-order valence-corrected chi connectivity index (χ1v) is 14.1. The van der Waals surface area contributed by atoms with E-state index in [2.05, 4.69) is 13.2 Å². The molecule has 0 aliphatic carbocycles. The van der Waals surface area contributed by atoms with Crippen molar-refractivity contribution in [1.29, 1.82) is 0 Å². The average molecular weight is 539 g/mol. The van der Waals surface area contributed by atoms with Crippen LogP contribution in [0.2, 0.25) is 0 Å². The number of ether oxygens (including phenoxy) is 2. The number of amides is 2. The molecule has 8 heteroatoms. The van der Waals surface area contributed by atoms with E-state index in [1.165, 1.54) is 4.90 Å². The van der Waals surface area contributed by atoms with Crippen LogP contribution in [0.1, 0.15) is 57.1 Å². The van der Waals surface area contributed by atoms with Crippen LogP contribution in [0.3, 0.4) is 0 Å². The highest BCUT2D eigenvalue weighted by molar-refractivity contribution is 6.05. The lowest BCUT2D eigenvalue weighted by Crippen LogP contribution is -2.59. The van der Waals surface area contributed by atoms with Crippen LogP contribution in [0.25, 0.3) is 0 Å². The molecule has 2 amide bonds. The summed E-state index contributed by atoms with van der Waals surface area (Å²) in [6.45, 7) is 15.4. The minimum Gasteiger partial charge on any atom is -0.465 e. The van der Waals surface area contributed by atoms with Crippen molar-refractivity contribution in [2.75, 3.05) is 24.7 Å². The molecular weight excluding hydrogens is 496 g/mol. The van der Waals surface area contributed by atoms with Gasteiger partial charge in [0.1, 0.15) is 17.6 Å². The molecule has 212 valence electrons. The van der Waals surface area contributed by atoms with Gasteiger partial charge in [0.05, 0.1) is 30.8 Å². The summed E-state index contributed by atoms with van der Waals surface area (Å²) in [7, 11) is 0. The fourth-order valence-electron chi connectivity index (χ4n) is 7.03. The molecule has 1 N–H and O–H groups in total. The van der Waals surface area contributed by atoms with Crippen molar-refractivity contribution >= 4 is 23.5 Å². The number of esters is 1. The third-order valence-corrected chi connectivity index (χ3v) is 8.98. The predicted molar refractivity (Wildman–Crippen MR) is 149 cm³/mol. The highest BCUT2D eigenvalue weighted by Crippen LogP contribution is 2.65. The summed E-state index contributed by atoms with van der Waals surface area (Å²) in [5, 5.41) is 10.3. The van der Waals surface area contributed by atoms with Crippen molar-refractivity contribution in [3.05, 3.63) is 54.6 Å². The van der Waals surface area contributed by atoms with Crippen LogP contribution in [-0.4, -0.2) is 70.8 Å². The SMILES string of the molecule is C=CCCOC(=O)[C@@H]1[C@H]2C(=O)N([C@@H](CC)CO)C(C(=O)N(CC=C)c3cc(C)ccc3C)C23CC[C@@]1(CC)O3. The van der Waals surface area contributed by atoms with Crippen molar-refractivity contribution in [2.24, 2.45) is 11.8 Å². The molecule has 3 heterocycles. The Balaban J connectivity index is 1.85. The van der Waals surface area contributed by atoms with E-state index in [1.54, 1.807) is 17.1 Å². The van der Waals surface area contributed by atoms with E-state index < -0.39 is 41.1 Å². The summed E-state index contributed by atoms with van der Waals surface area (Å²) in [6, 6.07) is 4.33. The van der Waals surface area contributed by atoms with E-state index in [9.17, 15) is 19.5 Å². The average Bonchev–Trinajstić information content (AvgIpc) is 3.53. The Labute approximate surface area is 231 Å². The van der Waals surface area contributed by atoms with Crippen molar-refractivity contribution in [3.8, 4) is 0 Å². The number of hydrogen-bond acceptors (Lipinski definition) is 6.